The number of hydrogen-bond acceptors (Lipinski definition) is 8. The van der Waals surface area contributed by atoms with Crippen molar-refractivity contribution in [3.05, 3.63) is 20.8 Å². The molecule has 1 atom stereocenters. The number of carbonyl (C=O) groups excluding carboxylic acids is 2. The molecule has 12 nitrogen and oxygen atoms in total. The fourth-order valence-electron chi connectivity index (χ4n) is 3.99. The molecule has 190 valence electrons. The van der Waals surface area contributed by atoms with Crippen LogP contribution >= 0.6 is 0 Å². The number of alkyl carbamates (subject to hydrolysis) is 1. The molecular weight excluding hydrogens is 456 g/mol. The zero-order valence-corrected chi connectivity index (χ0v) is 21.0. The standard InChI is InChI=1S/C23H32N6O6/c1-7-8-12-28-17-18(26(5)22(33)29(19(17)31)14-16(30)34-6)25-20(28)27-11-9-10-15(13-27)24-21(32)35-23(2,3)4/h15H,9-14H2,1-6H3,(H,24,32). The highest BCUT2D eigenvalue weighted by Crippen LogP contribution is 2.23. The highest BCUT2D eigenvalue weighted by Gasteiger charge is 2.29. The fraction of sp³-hybridized carbons (Fsp3) is 0.609. The third-order valence-electron chi connectivity index (χ3n) is 5.57. The predicted molar refractivity (Wildman–Crippen MR) is 129 cm³/mol. The number of aryl methyl sites for hydroxylation is 1. The maximum absolute atomic E-state index is 13.3. The van der Waals surface area contributed by atoms with Crippen LogP contribution in [0.25, 0.3) is 11.2 Å². The molecule has 0 aliphatic carbocycles. The van der Waals surface area contributed by atoms with Crippen LogP contribution in [0.5, 0.6) is 0 Å². The maximum Gasteiger partial charge on any atom is 0.407 e. The summed E-state index contributed by atoms with van der Waals surface area (Å²) in [6.07, 6.45) is 1.03. The molecule has 0 radical (unpaired) electrons. The van der Waals surface area contributed by atoms with Crippen LogP contribution in [0, 0.1) is 11.8 Å². The molecular formula is C23H32N6O6. The molecule has 0 spiro atoms. The summed E-state index contributed by atoms with van der Waals surface area (Å²) in [7, 11) is 2.68. The van der Waals surface area contributed by atoms with Crippen LogP contribution in [0.2, 0.25) is 0 Å². The average molecular weight is 489 g/mol. The fourth-order valence-corrected chi connectivity index (χ4v) is 3.99. The van der Waals surface area contributed by atoms with E-state index in [9.17, 15) is 19.2 Å². The normalized spacial score (nSPS) is 15.9. The van der Waals surface area contributed by atoms with Crippen molar-refractivity contribution in [2.45, 2.75) is 65.3 Å². The van der Waals surface area contributed by atoms with Crippen molar-refractivity contribution in [3.63, 3.8) is 0 Å². The van der Waals surface area contributed by atoms with Crippen LogP contribution in [0.1, 0.15) is 40.5 Å². The summed E-state index contributed by atoms with van der Waals surface area (Å²) in [4.78, 5) is 56.8. The zero-order chi connectivity index (χ0) is 25.9. The number of anilines is 1. The molecule has 0 saturated carbocycles. The summed E-state index contributed by atoms with van der Waals surface area (Å²) in [5, 5.41) is 2.90. The van der Waals surface area contributed by atoms with Crippen molar-refractivity contribution in [3.8, 4) is 11.8 Å². The van der Waals surface area contributed by atoms with Gasteiger partial charge in [-0.15, -0.1) is 5.92 Å². The van der Waals surface area contributed by atoms with Gasteiger partial charge in [0.05, 0.1) is 13.7 Å². The molecule has 35 heavy (non-hydrogen) atoms. The number of nitrogens with one attached hydrogen (secondary N) is 1. The number of aromatic nitrogens is 4. The van der Waals surface area contributed by atoms with Crippen molar-refractivity contribution in [1.82, 2.24) is 24.0 Å². The minimum atomic E-state index is -0.713. The first-order valence-corrected chi connectivity index (χ1v) is 11.4. The molecule has 1 fully saturated rings. The molecule has 2 aromatic heterocycles. The summed E-state index contributed by atoms with van der Waals surface area (Å²) < 4.78 is 13.7. The lowest BCUT2D eigenvalue weighted by Crippen LogP contribution is -2.49. The van der Waals surface area contributed by atoms with E-state index in [-0.39, 0.29) is 23.8 Å². The van der Waals surface area contributed by atoms with Gasteiger partial charge >= 0.3 is 17.8 Å². The number of imidazole rings is 1. The van der Waals surface area contributed by atoms with E-state index in [1.807, 2.05) is 4.90 Å². The van der Waals surface area contributed by atoms with Gasteiger partial charge in [0.1, 0.15) is 12.1 Å². The lowest BCUT2D eigenvalue weighted by molar-refractivity contribution is -0.141. The smallest absolute Gasteiger partial charge is 0.407 e. The van der Waals surface area contributed by atoms with Crippen LogP contribution in [0.4, 0.5) is 10.7 Å². The molecule has 3 rings (SSSR count). The van der Waals surface area contributed by atoms with Crippen molar-refractivity contribution in [1.29, 1.82) is 0 Å². The number of rotatable bonds is 5. The van der Waals surface area contributed by atoms with E-state index in [1.54, 1.807) is 32.3 Å². The number of esters is 1. The van der Waals surface area contributed by atoms with Gasteiger partial charge in [0.15, 0.2) is 11.2 Å². The second kappa shape index (κ2) is 10.2. The first-order valence-electron chi connectivity index (χ1n) is 11.4. The second-order valence-corrected chi connectivity index (χ2v) is 9.34. The molecule has 2 aromatic rings. The summed E-state index contributed by atoms with van der Waals surface area (Å²) in [6.45, 7) is 7.81. The number of ether oxygens (including phenoxy) is 2. The molecule has 0 bridgehead atoms. The minimum Gasteiger partial charge on any atom is -0.468 e. The second-order valence-electron chi connectivity index (χ2n) is 9.34. The Morgan fingerprint density at radius 1 is 1.23 bits per heavy atom. The number of methoxy groups -OCH3 is 1. The van der Waals surface area contributed by atoms with Gasteiger partial charge in [0.2, 0.25) is 5.95 Å². The topological polar surface area (TPSA) is 130 Å². The van der Waals surface area contributed by atoms with Gasteiger partial charge in [-0.2, -0.15) is 4.98 Å². The Balaban J connectivity index is 2.05. The first-order chi connectivity index (χ1) is 16.5. The third-order valence-corrected chi connectivity index (χ3v) is 5.57. The largest absolute Gasteiger partial charge is 0.468 e. The van der Waals surface area contributed by atoms with E-state index in [4.69, 9.17) is 4.74 Å². The quantitative estimate of drug-likeness (QED) is 0.478. The van der Waals surface area contributed by atoms with Crippen molar-refractivity contribution < 1.29 is 19.1 Å². The lowest BCUT2D eigenvalue weighted by atomic mass is 10.1. The van der Waals surface area contributed by atoms with Gasteiger partial charge in [0.25, 0.3) is 5.56 Å². The van der Waals surface area contributed by atoms with Crippen molar-refractivity contribution in [2.75, 3.05) is 25.1 Å². The Bertz CT molecular complexity index is 1300. The van der Waals surface area contributed by atoms with Crippen LogP contribution in [-0.4, -0.2) is 62.6 Å². The van der Waals surface area contributed by atoms with E-state index in [1.165, 1.54) is 18.7 Å². The average Bonchev–Trinajstić information content (AvgIpc) is 3.17. The van der Waals surface area contributed by atoms with Crippen LogP contribution < -0.4 is 21.5 Å². The molecule has 1 aliphatic rings. The summed E-state index contributed by atoms with van der Waals surface area (Å²) in [6, 6.07) is -0.191. The highest BCUT2D eigenvalue weighted by atomic mass is 16.6. The van der Waals surface area contributed by atoms with Crippen molar-refractivity contribution >= 4 is 29.2 Å². The summed E-state index contributed by atoms with van der Waals surface area (Å²) in [5.41, 5.74) is -1.58. The van der Waals surface area contributed by atoms with E-state index in [0.717, 1.165) is 17.4 Å². The van der Waals surface area contributed by atoms with Gasteiger partial charge in [-0.25, -0.2) is 14.2 Å². The number of piperidine rings is 1. The number of fused-ring (bicyclic) bond motifs is 1. The molecule has 0 aromatic carbocycles. The Labute approximate surface area is 202 Å². The Morgan fingerprint density at radius 2 is 1.94 bits per heavy atom. The van der Waals surface area contributed by atoms with Gasteiger partial charge in [0, 0.05) is 26.2 Å². The van der Waals surface area contributed by atoms with Gasteiger partial charge in [-0.1, -0.05) is 5.92 Å². The maximum atomic E-state index is 13.3. The minimum absolute atomic E-state index is 0.161. The first kappa shape index (κ1) is 25.9. The lowest BCUT2D eigenvalue weighted by Gasteiger charge is -2.34. The van der Waals surface area contributed by atoms with E-state index < -0.39 is 35.5 Å². The van der Waals surface area contributed by atoms with Crippen LogP contribution in [-0.2, 0) is 34.4 Å². The van der Waals surface area contributed by atoms with E-state index in [2.05, 4.69) is 26.9 Å². The van der Waals surface area contributed by atoms with Crippen molar-refractivity contribution in [2.24, 2.45) is 7.05 Å². The zero-order valence-electron chi connectivity index (χ0n) is 21.0. The molecule has 1 N–H and O–H groups in total. The molecule has 1 amide bonds. The van der Waals surface area contributed by atoms with Gasteiger partial charge in [-0.3, -0.25) is 18.7 Å². The number of amides is 1. The third kappa shape index (κ3) is 5.67. The molecule has 1 saturated heterocycles. The molecule has 1 aliphatic heterocycles. The predicted octanol–water partition coefficient (Wildman–Crippen LogP) is 0.587. The Hall–Kier alpha value is -3.75. The van der Waals surface area contributed by atoms with Crippen LogP contribution in [0.3, 0.4) is 0 Å². The Morgan fingerprint density at radius 3 is 2.57 bits per heavy atom. The number of nitrogens with zero attached hydrogens (tertiary/aromatic N) is 5. The van der Waals surface area contributed by atoms with Gasteiger partial charge < -0.3 is 19.7 Å². The monoisotopic (exact) mass is 488 g/mol. The Kier molecular flexibility index (Phi) is 7.57. The highest BCUT2D eigenvalue weighted by molar-refractivity contribution is 5.76. The molecule has 3 heterocycles. The van der Waals surface area contributed by atoms with Gasteiger partial charge in [-0.05, 0) is 40.5 Å². The summed E-state index contributed by atoms with van der Waals surface area (Å²) >= 11 is 0. The van der Waals surface area contributed by atoms with Crippen LogP contribution in [0.15, 0.2) is 9.59 Å². The number of carbonyl (C=O) groups is 2. The van der Waals surface area contributed by atoms with E-state index >= 15 is 0 Å². The SMILES string of the molecule is CC#CCn1c(N2CCCC(NC(=O)OC(C)(C)C)C2)nc2c1c(=O)n(CC(=O)OC)c(=O)n2C. The van der Waals surface area contributed by atoms with E-state index in [0.29, 0.717) is 19.0 Å². The summed E-state index contributed by atoms with van der Waals surface area (Å²) in [5.74, 6) is 5.52. The molecule has 12 heteroatoms. The molecule has 1 unspecified atom stereocenters. The number of hydrogen-bond donors (Lipinski definition) is 1.